The standard InChI is InChI=1S/C21H20Cl2N4O4/c1-26(21(13-24)9-5-2-6-10-21)17(28)12-31-20(30)14-7-3-4-8-16(14)27-19(29)18(23)15(22)11-25-27/h3-4,7-8,11H,2,5-6,9-10,12H2,1H3. The van der Waals surface area contributed by atoms with E-state index < -0.39 is 29.6 Å². The van der Waals surface area contributed by atoms with Gasteiger partial charge >= 0.3 is 5.97 Å². The Morgan fingerprint density at radius 1 is 1.26 bits per heavy atom. The van der Waals surface area contributed by atoms with Gasteiger partial charge in [0, 0.05) is 7.05 Å². The molecule has 1 fully saturated rings. The van der Waals surface area contributed by atoms with Crippen molar-refractivity contribution in [2.24, 2.45) is 0 Å². The number of halogens is 2. The minimum Gasteiger partial charge on any atom is -0.452 e. The molecule has 0 spiro atoms. The van der Waals surface area contributed by atoms with Gasteiger partial charge in [0.05, 0.1) is 28.5 Å². The van der Waals surface area contributed by atoms with E-state index in [0.717, 1.165) is 23.9 Å². The van der Waals surface area contributed by atoms with E-state index in [9.17, 15) is 19.6 Å². The average Bonchev–Trinajstić information content (AvgIpc) is 2.81. The number of amides is 1. The zero-order chi connectivity index (χ0) is 22.6. The molecule has 1 aliphatic rings. The number of rotatable bonds is 5. The number of carbonyl (C=O) groups excluding carboxylic acids is 2. The Balaban J connectivity index is 1.78. The van der Waals surface area contributed by atoms with Gasteiger partial charge in [0.2, 0.25) is 0 Å². The number of aromatic nitrogens is 2. The zero-order valence-corrected chi connectivity index (χ0v) is 18.3. The highest BCUT2D eigenvalue weighted by Gasteiger charge is 2.39. The number of hydrogen-bond donors (Lipinski definition) is 0. The highest BCUT2D eigenvalue weighted by Crippen LogP contribution is 2.32. The van der Waals surface area contributed by atoms with Crippen LogP contribution < -0.4 is 5.56 Å². The number of nitriles is 1. The average molecular weight is 463 g/mol. The van der Waals surface area contributed by atoms with Crippen molar-refractivity contribution in [2.45, 2.75) is 37.6 Å². The summed E-state index contributed by atoms with van der Waals surface area (Å²) in [6.07, 6.45) is 5.13. The molecule has 31 heavy (non-hydrogen) atoms. The molecule has 0 unspecified atom stereocenters. The number of benzene rings is 1. The molecule has 0 N–H and O–H groups in total. The minimum absolute atomic E-state index is 0.00857. The van der Waals surface area contributed by atoms with Gasteiger partial charge < -0.3 is 9.64 Å². The number of hydrogen-bond acceptors (Lipinski definition) is 6. The maximum atomic E-state index is 12.7. The summed E-state index contributed by atoms with van der Waals surface area (Å²) < 4.78 is 6.14. The molecule has 1 heterocycles. The fraction of sp³-hybridized carbons (Fsp3) is 0.381. The number of esters is 1. The lowest BCUT2D eigenvalue weighted by molar-refractivity contribution is -0.138. The maximum Gasteiger partial charge on any atom is 0.340 e. The van der Waals surface area contributed by atoms with Crippen molar-refractivity contribution in [3.63, 3.8) is 0 Å². The van der Waals surface area contributed by atoms with Crippen LogP contribution in [0.25, 0.3) is 5.69 Å². The quantitative estimate of drug-likeness (QED) is 0.630. The van der Waals surface area contributed by atoms with Crippen molar-refractivity contribution in [3.05, 3.63) is 56.4 Å². The lowest BCUT2D eigenvalue weighted by Crippen LogP contribution is -2.51. The van der Waals surface area contributed by atoms with Gasteiger partial charge in [-0.1, -0.05) is 54.6 Å². The second-order valence-corrected chi connectivity index (χ2v) is 8.06. The smallest absolute Gasteiger partial charge is 0.340 e. The summed E-state index contributed by atoms with van der Waals surface area (Å²) in [5.74, 6) is -1.29. The Morgan fingerprint density at radius 2 is 1.94 bits per heavy atom. The number of nitrogens with zero attached hydrogens (tertiary/aromatic N) is 4. The van der Waals surface area contributed by atoms with Gasteiger partial charge in [-0.05, 0) is 25.0 Å². The lowest BCUT2D eigenvalue weighted by atomic mass is 9.81. The van der Waals surface area contributed by atoms with Crippen LogP contribution in [-0.2, 0) is 9.53 Å². The summed E-state index contributed by atoms with van der Waals surface area (Å²) in [5.41, 5.74) is -1.41. The number of likely N-dealkylation sites (N-methyl/N-ethyl adjacent to an activating group) is 1. The third-order valence-electron chi connectivity index (χ3n) is 5.46. The summed E-state index contributed by atoms with van der Waals surface area (Å²) in [7, 11) is 1.55. The van der Waals surface area contributed by atoms with E-state index in [2.05, 4.69) is 11.2 Å². The Kier molecular flexibility index (Phi) is 6.98. The molecule has 0 aliphatic heterocycles. The maximum absolute atomic E-state index is 12.7. The van der Waals surface area contributed by atoms with Crippen LogP contribution in [0, 0.1) is 11.3 Å². The first kappa shape index (κ1) is 22.8. The molecule has 162 valence electrons. The SMILES string of the molecule is CN(C(=O)COC(=O)c1ccccc1-n1ncc(Cl)c(Cl)c1=O)C1(C#N)CCCCC1. The van der Waals surface area contributed by atoms with E-state index in [-0.39, 0.29) is 21.3 Å². The van der Waals surface area contributed by atoms with Crippen LogP contribution in [0.15, 0.2) is 35.3 Å². The molecule has 1 amide bonds. The van der Waals surface area contributed by atoms with Gasteiger partial charge in [0.1, 0.15) is 10.6 Å². The normalized spacial score (nSPS) is 15.0. The van der Waals surface area contributed by atoms with Crippen LogP contribution in [0.1, 0.15) is 42.5 Å². The van der Waals surface area contributed by atoms with Crippen molar-refractivity contribution in [1.82, 2.24) is 14.7 Å². The molecule has 2 aromatic rings. The molecular weight excluding hydrogens is 443 g/mol. The first-order chi connectivity index (χ1) is 14.8. The van der Waals surface area contributed by atoms with E-state index in [1.165, 1.54) is 23.2 Å². The fourth-order valence-electron chi connectivity index (χ4n) is 3.61. The molecule has 0 radical (unpaired) electrons. The summed E-state index contributed by atoms with van der Waals surface area (Å²) >= 11 is 11.7. The van der Waals surface area contributed by atoms with Crippen LogP contribution in [0.5, 0.6) is 0 Å². The Hall–Kier alpha value is -2.89. The van der Waals surface area contributed by atoms with Crippen molar-refractivity contribution in [3.8, 4) is 11.8 Å². The largest absolute Gasteiger partial charge is 0.452 e. The van der Waals surface area contributed by atoms with Gasteiger partial charge in [-0.2, -0.15) is 15.0 Å². The monoisotopic (exact) mass is 462 g/mol. The van der Waals surface area contributed by atoms with E-state index >= 15 is 0 Å². The third-order valence-corrected chi connectivity index (χ3v) is 6.21. The molecule has 1 aromatic heterocycles. The predicted molar refractivity (Wildman–Crippen MR) is 114 cm³/mol. The summed E-state index contributed by atoms with van der Waals surface area (Å²) in [4.78, 5) is 39.1. The zero-order valence-electron chi connectivity index (χ0n) is 16.8. The number of ether oxygens (including phenoxy) is 1. The van der Waals surface area contributed by atoms with Gasteiger partial charge in [-0.3, -0.25) is 9.59 Å². The van der Waals surface area contributed by atoms with Crippen molar-refractivity contribution >= 4 is 35.1 Å². The van der Waals surface area contributed by atoms with Crippen LogP contribution in [0.3, 0.4) is 0 Å². The molecule has 0 atom stereocenters. The first-order valence-corrected chi connectivity index (χ1v) is 10.4. The van der Waals surface area contributed by atoms with Crippen LogP contribution in [-0.4, -0.2) is 45.8 Å². The highest BCUT2D eigenvalue weighted by atomic mass is 35.5. The second-order valence-electron chi connectivity index (χ2n) is 7.27. The van der Waals surface area contributed by atoms with E-state index in [4.69, 9.17) is 27.9 Å². The predicted octanol–water partition coefficient (Wildman–Crippen LogP) is 3.38. The van der Waals surface area contributed by atoms with Gasteiger partial charge in [0.15, 0.2) is 6.61 Å². The van der Waals surface area contributed by atoms with Crippen molar-refractivity contribution in [1.29, 1.82) is 5.26 Å². The van der Waals surface area contributed by atoms with Crippen molar-refractivity contribution in [2.75, 3.05) is 13.7 Å². The van der Waals surface area contributed by atoms with Gasteiger partial charge in [-0.15, -0.1) is 0 Å². The molecule has 1 saturated carbocycles. The Bertz CT molecular complexity index is 1100. The molecule has 3 rings (SSSR count). The van der Waals surface area contributed by atoms with Crippen LogP contribution in [0.4, 0.5) is 0 Å². The van der Waals surface area contributed by atoms with Gasteiger partial charge in [-0.25, -0.2) is 4.79 Å². The summed E-state index contributed by atoms with van der Waals surface area (Å²) in [6, 6.07) is 8.40. The van der Waals surface area contributed by atoms with E-state index in [1.54, 1.807) is 19.2 Å². The molecule has 0 bridgehead atoms. The van der Waals surface area contributed by atoms with Crippen LogP contribution in [0.2, 0.25) is 10.0 Å². The van der Waals surface area contributed by atoms with E-state index in [0.29, 0.717) is 12.8 Å². The van der Waals surface area contributed by atoms with Gasteiger partial charge in [0.25, 0.3) is 11.5 Å². The molecule has 8 nitrogen and oxygen atoms in total. The molecule has 0 saturated heterocycles. The first-order valence-electron chi connectivity index (χ1n) is 9.68. The Labute approximate surface area is 188 Å². The highest BCUT2D eigenvalue weighted by molar-refractivity contribution is 6.41. The summed E-state index contributed by atoms with van der Waals surface area (Å²) in [6.45, 7) is -0.531. The number of para-hydroxylation sites is 1. The van der Waals surface area contributed by atoms with Crippen molar-refractivity contribution < 1.29 is 14.3 Å². The second kappa shape index (κ2) is 9.50. The molecule has 1 aliphatic carbocycles. The molecular formula is C21H20Cl2N4O4. The summed E-state index contributed by atoms with van der Waals surface area (Å²) in [5, 5.41) is 13.3. The molecule has 10 heteroatoms. The lowest BCUT2D eigenvalue weighted by Gasteiger charge is -2.38. The minimum atomic E-state index is -0.878. The topological polar surface area (TPSA) is 105 Å². The fourth-order valence-corrected chi connectivity index (χ4v) is 3.87. The van der Waals surface area contributed by atoms with Crippen LogP contribution >= 0.6 is 23.2 Å². The van der Waals surface area contributed by atoms with E-state index in [1.807, 2.05) is 0 Å². The third kappa shape index (κ3) is 4.58. The number of carbonyl (C=O) groups is 2. The molecule has 1 aromatic carbocycles. The Morgan fingerprint density at radius 3 is 2.61 bits per heavy atom.